The number of rotatable bonds is 5. The smallest absolute Gasteiger partial charge is 0.246 e. The van der Waals surface area contributed by atoms with Gasteiger partial charge in [-0.1, -0.05) is 72.8 Å². The van der Waals surface area contributed by atoms with Gasteiger partial charge in [0.1, 0.15) is 0 Å². The van der Waals surface area contributed by atoms with Gasteiger partial charge in [-0.25, -0.2) is 4.90 Å². The molecule has 6 heteroatoms. The van der Waals surface area contributed by atoms with Gasteiger partial charge in [-0.15, -0.1) is 0 Å². The van der Waals surface area contributed by atoms with Crippen molar-refractivity contribution in [2.45, 2.75) is 17.8 Å². The summed E-state index contributed by atoms with van der Waals surface area (Å²) in [4.78, 5) is 29.8. The molecule has 2 aliphatic rings. The normalized spacial score (nSPS) is 23.6. The molecule has 0 bridgehead atoms. The molecule has 0 unspecified atom stereocenters. The summed E-state index contributed by atoms with van der Waals surface area (Å²) in [5.41, 5.74) is 1.55. The standard InChI is InChI=1S/C29H24ClNO4/c1-3-18-12-14-23-27(33)31(22-11-7-10-21(30)17-22)28(34)29(23,20-8-5-4-6-9-20)26(18)19-13-15-24(32)25(16-19)35-2/h3-13,15-17,23,26,32H,1,14H2,2H3/t23-,26+,29+/m0/s1. The fourth-order valence-corrected chi connectivity index (χ4v) is 5.81. The van der Waals surface area contributed by atoms with Crippen molar-refractivity contribution in [3.8, 4) is 11.5 Å². The maximum absolute atomic E-state index is 14.6. The molecule has 1 heterocycles. The van der Waals surface area contributed by atoms with E-state index in [2.05, 4.69) is 6.58 Å². The summed E-state index contributed by atoms with van der Waals surface area (Å²) in [7, 11) is 1.48. The Morgan fingerprint density at radius 3 is 2.54 bits per heavy atom. The van der Waals surface area contributed by atoms with Crippen LogP contribution in [0.2, 0.25) is 5.02 Å². The van der Waals surface area contributed by atoms with Gasteiger partial charge in [0.25, 0.3) is 0 Å². The van der Waals surface area contributed by atoms with Gasteiger partial charge in [0.2, 0.25) is 11.8 Å². The topological polar surface area (TPSA) is 66.8 Å². The van der Waals surface area contributed by atoms with Crippen LogP contribution in [0, 0.1) is 5.92 Å². The van der Waals surface area contributed by atoms with Crippen molar-refractivity contribution in [3.05, 3.63) is 113 Å². The number of nitrogens with zero attached hydrogens (tertiary/aromatic N) is 1. The zero-order valence-electron chi connectivity index (χ0n) is 19.1. The number of amides is 2. The van der Waals surface area contributed by atoms with E-state index in [-0.39, 0.29) is 17.6 Å². The van der Waals surface area contributed by atoms with Crippen molar-refractivity contribution < 1.29 is 19.4 Å². The molecular formula is C29H24ClNO4. The van der Waals surface area contributed by atoms with Gasteiger partial charge in [-0.3, -0.25) is 9.59 Å². The van der Waals surface area contributed by atoms with Gasteiger partial charge in [-0.2, -0.15) is 0 Å². The fraction of sp³-hybridized carbons (Fsp3) is 0.172. The maximum Gasteiger partial charge on any atom is 0.246 e. The number of benzene rings is 3. The van der Waals surface area contributed by atoms with Crippen LogP contribution < -0.4 is 9.64 Å². The molecule has 1 saturated heterocycles. The SMILES string of the molecule is C=CC1=CC[C@H]2C(=O)N(c3cccc(Cl)c3)C(=O)[C@@]2(c2ccccc2)[C@H]1c1ccc(O)c(OC)c1. The summed E-state index contributed by atoms with van der Waals surface area (Å²) in [5, 5.41) is 10.7. The lowest BCUT2D eigenvalue weighted by molar-refractivity contribution is -0.123. The minimum Gasteiger partial charge on any atom is -0.504 e. The molecule has 1 aliphatic carbocycles. The van der Waals surface area contributed by atoms with Crippen LogP contribution >= 0.6 is 11.6 Å². The quantitative estimate of drug-likeness (QED) is 0.465. The Morgan fingerprint density at radius 1 is 1.09 bits per heavy atom. The number of hydrogen-bond donors (Lipinski definition) is 1. The molecule has 35 heavy (non-hydrogen) atoms. The van der Waals surface area contributed by atoms with Crippen LogP contribution in [-0.4, -0.2) is 24.0 Å². The first-order chi connectivity index (χ1) is 16.9. The van der Waals surface area contributed by atoms with E-state index in [1.54, 1.807) is 48.5 Å². The van der Waals surface area contributed by atoms with Gasteiger partial charge in [0.15, 0.2) is 11.5 Å². The Balaban J connectivity index is 1.81. The van der Waals surface area contributed by atoms with Crippen molar-refractivity contribution in [1.29, 1.82) is 0 Å². The largest absolute Gasteiger partial charge is 0.504 e. The molecule has 176 valence electrons. The van der Waals surface area contributed by atoms with Crippen molar-refractivity contribution in [1.82, 2.24) is 0 Å². The number of imide groups is 1. The van der Waals surface area contributed by atoms with Crippen molar-refractivity contribution in [2.24, 2.45) is 5.92 Å². The lowest BCUT2D eigenvalue weighted by Gasteiger charge is -2.43. The number of hydrogen-bond acceptors (Lipinski definition) is 4. The highest BCUT2D eigenvalue weighted by Crippen LogP contribution is 2.58. The Labute approximate surface area is 208 Å². The monoisotopic (exact) mass is 485 g/mol. The first kappa shape index (κ1) is 22.9. The minimum atomic E-state index is -1.22. The summed E-state index contributed by atoms with van der Waals surface area (Å²) in [5.74, 6) is -1.46. The molecule has 5 rings (SSSR count). The maximum atomic E-state index is 14.6. The van der Waals surface area contributed by atoms with Crippen LogP contribution in [-0.2, 0) is 15.0 Å². The van der Waals surface area contributed by atoms with Gasteiger partial charge in [0, 0.05) is 10.9 Å². The number of fused-ring (bicyclic) bond motifs is 1. The number of anilines is 1. The molecular weight excluding hydrogens is 462 g/mol. The Hall–Kier alpha value is -3.83. The second-order valence-electron chi connectivity index (χ2n) is 8.75. The number of carbonyl (C=O) groups is 2. The van der Waals surface area contributed by atoms with Gasteiger partial charge in [0.05, 0.1) is 24.1 Å². The molecule has 5 nitrogen and oxygen atoms in total. The van der Waals surface area contributed by atoms with Crippen molar-refractivity contribution >= 4 is 29.1 Å². The third kappa shape index (κ3) is 3.38. The predicted molar refractivity (Wildman–Crippen MR) is 136 cm³/mol. The summed E-state index contributed by atoms with van der Waals surface area (Å²) in [6.45, 7) is 4.02. The number of ether oxygens (including phenoxy) is 1. The molecule has 3 aromatic rings. The Morgan fingerprint density at radius 2 is 1.86 bits per heavy atom. The Bertz CT molecular complexity index is 1370. The second-order valence-corrected chi connectivity index (χ2v) is 9.19. The van der Waals surface area contributed by atoms with E-state index in [9.17, 15) is 14.7 Å². The number of phenolic OH excluding ortho intramolecular Hbond substituents is 1. The van der Waals surface area contributed by atoms with Crippen LogP contribution in [0.3, 0.4) is 0 Å². The van der Waals surface area contributed by atoms with E-state index in [0.29, 0.717) is 22.9 Å². The van der Waals surface area contributed by atoms with E-state index in [1.165, 1.54) is 12.0 Å². The number of methoxy groups -OCH3 is 1. The van der Waals surface area contributed by atoms with Gasteiger partial charge in [-0.05, 0) is 53.5 Å². The third-order valence-corrected chi connectivity index (χ3v) is 7.33. The molecule has 3 atom stereocenters. The molecule has 0 saturated carbocycles. The predicted octanol–water partition coefficient (Wildman–Crippen LogP) is 5.78. The van der Waals surface area contributed by atoms with E-state index in [1.807, 2.05) is 36.4 Å². The average Bonchev–Trinajstić information content (AvgIpc) is 3.11. The Kier molecular flexibility index (Phi) is 5.73. The summed E-state index contributed by atoms with van der Waals surface area (Å²) >= 11 is 6.23. The molecule has 0 radical (unpaired) electrons. The molecule has 1 aliphatic heterocycles. The van der Waals surface area contributed by atoms with E-state index in [4.69, 9.17) is 16.3 Å². The molecule has 1 fully saturated rings. The van der Waals surface area contributed by atoms with Crippen molar-refractivity contribution in [3.63, 3.8) is 0 Å². The number of allylic oxidation sites excluding steroid dienone is 3. The minimum absolute atomic E-state index is 0.00381. The molecule has 1 N–H and O–H groups in total. The third-order valence-electron chi connectivity index (χ3n) is 7.09. The lowest BCUT2D eigenvalue weighted by Crippen LogP contribution is -2.48. The molecule has 3 aromatic carbocycles. The molecule has 0 spiro atoms. The second kappa shape index (κ2) is 8.75. The first-order valence-electron chi connectivity index (χ1n) is 11.3. The molecule has 2 amide bonds. The first-order valence-corrected chi connectivity index (χ1v) is 11.7. The highest BCUT2D eigenvalue weighted by atomic mass is 35.5. The number of phenols is 1. The van der Waals surface area contributed by atoms with Gasteiger partial charge >= 0.3 is 0 Å². The zero-order valence-corrected chi connectivity index (χ0v) is 19.9. The lowest BCUT2D eigenvalue weighted by atomic mass is 9.56. The van der Waals surface area contributed by atoms with E-state index < -0.39 is 17.3 Å². The van der Waals surface area contributed by atoms with Crippen LogP contribution in [0.4, 0.5) is 5.69 Å². The number of halogens is 1. The highest BCUT2D eigenvalue weighted by Gasteiger charge is 2.65. The van der Waals surface area contributed by atoms with Gasteiger partial charge < -0.3 is 9.84 Å². The van der Waals surface area contributed by atoms with E-state index in [0.717, 1.165) is 16.7 Å². The van der Waals surface area contributed by atoms with E-state index >= 15 is 0 Å². The van der Waals surface area contributed by atoms with Crippen LogP contribution in [0.1, 0.15) is 23.5 Å². The number of carbonyl (C=O) groups excluding carboxylic acids is 2. The van der Waals surface area contributed by atoms with Crippen molar-refractivity contribution in [2.75, 3.05) is 12.0 Å². The summed E-state index contributed by atoms with van der Waals surface area (Å²) in [6, 6.07) is 21.3. The summed E-state index contributed by atoms with van der Waals surface area (Å²) < 4.78 is 5.37. The van der Waals surface area contributed by atoms with Crippen LogP contribution in [0.25, 0.3) is 0 Å². The molecule has 0 aromatic heterocycles. The number of aromatic hydroxyl groups is 1. The zero-order chi connectivity index (χ0) is 24.7. The fourth-order valence-electron chi connectivity index (χ4n) is 5.63. The van der Waals surface area contributed by atoms with Crippen LogP contribution in [0.5, 0.6) is 11.5 Å². The average molecular weight is 486 g/mol. The highest BCUT2D eigenvalue weighted by molar-refractivity contribution is 6.32. The van der Waals surface area contributed by atoms with Crippen LogP contribution in [0.15, 0.2) is 97.1 Å². The summed E-state index contributed by atoms with van der Waals surface area (Å²) in [6.07, 6.45) is 4.11.